The van der Waals surface area contributed by atoms with Gasteiger partial charge in [0.2, 0.25) is 0 Å². The molecule has 1 aromatic rings. The fraction of sp³-hybridized carbons (Fsp3) is 0.600. The predicted octanol–water partition coefficient (Wildman–Crippen LogP) is 4.99. The number of rotatable bonds is 8. The van der Waals surface area contributed by atoms with E-state index in [-0.39, 0.29) is 17.2 Å². The summed E-state index contributed by atoms with van der Waals surface area (Å²) in [5.41, 5.74) is 0.729. The van der Waals surface area contributed by atoms with Gasteiger partial charge in [-0.05, 0) is 57.9 Å². The highest BCUT2D eigenvalue weighted by atomic mass is 35.5. The van der Waals surface area contributed by atoms with Crippen molar-refractivity contribution in [3.8, 4) is 0 Å². The van der Waals surface area contributed by atoms with Crippen LogP contribution in [0.3, 0.4) is 0 Å². The topological polar surface area (TPSA) is 21.3 Å². The van der Waals surface area contributed by atoms with E-state index in [2.05, 4.69) is 5.32 Å². The number of nitrogens with one attached hydrogen (secondary N) is 1. The Labute approximate surface area is 130 Å². The monoisotopic (exact) mass is 321 g/mol. The highest BCUT2D eigenvalue weighted by molar-refractivity contribution is 6.35. The van der Waals surface area contributed by atoms with Crippen molar-refractivity contribution in [1.29, 1.82) is 0 Å². The second-order valence-electron chi connectivity index (χ2n) is 5.09. The number of hydrogen-bond acceptors (Lipinski definition) is 2. The van der Waals surface area contributed by atoms with E-state index in [0.29, 0.717) is 5.02 Å². The maximum absolute atomic E-state index is 13.4. The molecule has 0 radical (unpaired) electrons. The standard InChI is InChI=1S/C15H22Cl2FNO/c1-10(2)20-7-5-4-6-19-11(3)12-8-15(18)14(17)9-13(12)16/h8-11,19H,4-7H2,1-3H3. The highest BCUT2D eigenvalue weighted by Crippen LogP contribution is 2.28. The quantitative estimate of drug-likeness (QED) is 0.538. The maximum atomic E-state index is 13.4. The Morgan fingerprint density at radius 3 is 2.50 bits per heavy atom. The summed E-state index contributed by atoms with van der Waals surface area (Å²) in [4.78, 5) is 0. The van der Waals surface area contributed by atoms with Crippen LogP contribution in [0.1, 0.15) is 45.2 Å². The normalized spacial score (nSPS) is 12.9. The van der Waals surface area contributed by atoms with Crippen molar-refractivity contribution in [2.45, 2.75) is 45.8 Å². The summed E-state index contributed by atoms with van der Waals surface area (Å²) >= 11 is 11.8. The summed E-state index contributed by atoms with van der Waals surface area (Å²) in [7, 11) is 0. The first-order valence-electron chi connectivity index (χ1n) is 6.91. The molecule has 0 aliphatic heterocycles. The molecule has 5 heteroatoms. The molecule has 20 heavy (non-hydrogen) atoms. The summed E-state index contributed by atoms with van der Waals surface area (Å²) < 4.78 is 18.9. The SMILES string of the molecule is CC(C)OCCCCNC(C)c1cc(F)c(Cl)cc1Cl. The molecule has 0 aliphatic carbocycles. The molecule has 0 aromatic heterocycles. The summed E-state index contributed by atoms with van der Waals surface area (Å²) in [5, 5.41) is 3.86. The fourth-order valence-corrected chi connectivity index (χ4v) is 2.39. The van der Waals surface area contributed by atoms with E-state index in [1.807, 2.05) is 20.8 Å². The van der Waals surface area contributed by atoms with Crippen LogP contribution < -0.4 is 5.32 Å². The molecule has 0 amide bonds. The maximum Gasteiger partial charge on any atom is 0.142 e. The molecule has 1 atom stereocenters. The number of halogens is 3. The van der Waals surface area contributed by atoms with Crippen LogP contribution in [0.2, 0.25) is 10.0 Å². The van der Waals surface area contributed by atoms with E-state index in [9.17, 15) is 4.39 Å². The van der Waals surface area contributed by atoms with Gasteiger partial charge in [0.25, 0.3) is 0 Å². The van der Waals surface area contributed by atoms with Crippen LogP contribution in [0, 0.1) is 5.82 Å². The Morgan fingerprint density at radius 1 is 1.15 bits per heavy atom. The lowest BCUT2D eigenvalue weighted by Gasteiger charge is -2.16. The second-order valence-corrected chi connectivity index (χ2v) is 5.90. The molecule has 1 N–H and O–H groups in total. The Morgan fingerprint density at radius 2 is 1.85 bits per heavy atom. The van der Waals surface area contributed by atoms with Gasteiger partial charge in [-0.15, -0.1) is 0 Å². The molecule has 0 fully saturated rings. The third-order valence-corrected chi connectivity index (χ3v) is 3.60. The van der Waals surface area contributed by atoms with E-state index in [4.69, 9.17) is 27.9 Å². The van der Waals surface area contributed by atoms with Crippen LogP contribution in [-0.4, -0.2) is 19.3 Å². The van der Waals surface area contributed by atoms with Crippen molar-refractivity contribution in [3.05, 3.63) is 33.6 Å². The lowest BCUT2D eigenvalue weighted by atomic mass is 10.1. The summed E-state index contributed by atoms with van der Waals surface area (Å²) in [6.45, 7) is 7.61. The smallest absolute Gasteiger partial charge is 0.142 e. The number of benzene rings is 1. The van der Waals surface area contributed by atoms with Gasteiger partial charge in [-0.25, -0.2) is 4.39 Å². The second kappa shape index (κ2) is 8.83. The van der Waals surface area contributed by atoms with Crippen LogP contribution in [0.15, 0.2) is 12.1 Å². The zero-order chi connectivity index (χ0) is 15.1. The largest absolute Gasteiger partial charge is 0.379 e. The van der Waals surface area contributed by atoms with Gasteiger partial charge in [0, 0.05) is 17.7 Å². The van der Waals surface area contributed by atoms with Gasteiger partial charge in [0.05, 0.1) is 11.1 Å². The van der Waals surface area contributed by atoms with E-state index in [1.165, 1.54) is 12.1 Å². The molecule has 2 nitrogen and oxygen atoms in total. The van der Waals surface area contributed by atoms with Crippen molar-refractivity contribution >= 4 is 23.2 Å². The van der Waals surface area contributed by atoms with Crippen molar-refractivity contribution in [2.75, 3.05) is 13.2 Å². The average molecular weight is 322 g/mol. The lowest BCUT2D eigenvalue weighted by Crippen LogP contribution is -2.20. The number of unbranched alkanes of at least 4 members (excludes halogenated alkanes) is 1. The van der Waals surface area contributed by atoms with E-state index in [0.717, 1.165) is 31.6 Å². The van der Waals surface area contributed by atoms with Crippen molar-refractivity contribution in [1.82, 2.24) is 5.32 Å². The molecule has 1 rings (SSSR count). The van der Waals surface area contributed by atoms with Crippen LogP contribution in [0.5, 0.6) is 0 Å². The first-order chi connectivity index (χ1) is 9.41. The van der Waals surface area contributed by atoms with Crippen molar-refractivity contribution in [3.63, 3.8) is 0 Å². The number of ether oxygens (including phenoxy) is 1. The van der Waals surface area contributed by atoms with Crippen molar-refractivity contribution < 1.29 is 9.13 Å². The van der Waals surface area contributed by atoms with Gasteiger partial charge < -0.3 is 10.1 Å². The Balaban J connectivity index is 2.36. The molecule has 0 saturated carbocycles. The molecule has 0 saturated heterocycles. The number of hydrogen-bond donors (Lipinski definition) is 1. The average Bonchev–Trinajstić information content (AvgIpc) is 2.37. The Bertz CT molecular complexity index is 427. The summed E-state index contributed by atoms with van der Waals surface area (Å²) in [5.74, 6) is -0.440. The minimum Gasteiger partial charge on any atom is -0.379 e. The molecule has 1 unspecified atom stereocenters. The first kappa shape index (κ1) is 17.7. The third-order valence-electron chi connectivity index (χ3n) is 2.98. The molecule has 0 aliphatic rings. The fourth-order valence-electron chi connectivity index (χ4n) is 1.84. The van der Waals surface area contributed by atoms with Crippen LogP contribution in [0.25, 0.3) is 0 Å². The molecular weight excluding hydrogens is 300 g/mol. The van der Waals surface area contributed by atoms with E-state index in [1.54, 1.807) is 0 Å². The van der Waals surface area contributed by atoms with Crippen LogP contribution in [-0.2, 0) is 4.74 Å². The van der Waals surface area contributed by atoms with Gasteiger partial charge in [-0.3, -0.25) is 0 Å². The third kappa shape index (κ3) is 5.96. The molecular formula is C15H22Cl2FNO. The van der Waals surface area contributed by atoms with Crippen LogP contribution >= 0.6 is 23.2 Å². The van der Waals surface area contributed by atoms with E-state index >= 15 is 0 Å². The highest BCUT2D eigenvalue weighted by Gasteiger charge is 2.12. The van der Waals surface area contributed by atoms with E-state index < -0.39 is 5.82 Å². The van der Waals surface area contributed by atoms with Gasteiger partial charge in [0.1, 0.15) is 5.82 Å². The molecule has 0 heterocycles. The Kier molecular flexibility index (Phi) is 7.82. The predicted molar refractivity (Wildman–Crippen MR) is 83.2 cm³/mol. The lowest BCUT2D eigenvalue weighted by molar-refractivity contribution is 0.0759. The minimum absolute atomic E-state index is 0.0136. The molecule has 0 bridgehead atoms. The summed E-state index contributed by atoms with van der Waals surface area (Å²) in [6, 6.07) is 2.83. The van der Waals surface area contributed by atoms with Crippen LogP contribution in [0.4, 0.5) is 4.39 Å². The molecule has 0 spiro atoms. The first-order valence-corrected chi connectivity index (χ1v) is 7.66. The van der Waals surface area contributed by atoms with Gasteiger partial charge in [0.15, 0.2) is 0 Å². The van der Waals surface area contributed by atoms with Gasteiger partial charge in [-0.2, -0.15) is 0 Å². The van der Waals surface area contributed by atoms with Crippen molar-refractivity contribution in [2.24, 2.45) is 0 Å². The van der Waals surface area contributed by atoms with Gasteiger partial charge in [-0.1, -0.05) is 23.2 Å². The van der Waals surface area contributed by atoms with Gasteiger partial charge >= 0.3 is 0 Å². The summed E-state index contributed by atoms with van der Waals surface area (Å²) in [6.07, 6.45) is 2.28. The minimum atomic E-state index is -0.440. The Hall–Kier alpha value is -0.350. The zero-order valence-corrected chi connectivity index (χ0v) is 13.7. The zero-order valence-electron chi connectivity index (χ0n) is 12.2. The molecule has 1 aromatic carbocycles. The molecule has 114 valence electrons.